The van der Waals surface area contributed by atoms with Gasteiger partial charge < -0.3 is 10.0 Å². The maximum absolute atomic E-state index is 10.9. The van der Waals surface area contributed by atoms with Crippen LogP contribution in [0.1, 0.15) is 18.7 Å². The van der Waals surface area contributed by atoms with Gasteiger partial charge in [0.2, 0.25) is 0 Å². The highest BCUT2D eigenvalue weighted by Crippen LogP contribution is 2.19. The lowest BCUT2D eigenvalue weighted by molar-refractivity contribution is -0.139. The summed E-state index contributed by atoms with van der Waals surface area (Å²) in [4.78, 5) is 19.1. The molecule has 96 valence electrons. The SMILES string of the molecule is CC(c1cscn1)N(CCN(C)C)CC(=O)O. The first-order valence-corrected chi connectivity index (χ1v) is 6.43. The van der Waals surface area contributed by atoms with Crippen molar-refractivity contribution in [3.63, 3.8) is 0 Å². The molecule has 1 N–H and O–H groups in total. The number of hydrogen-bond acceptors (Lipinski definition) is 5. The molecule has 0 aliphatic rings. The minimum atomic E-state index is -0.800. The quantitative estimate of drug-likeness (QED) is 0.794. The highest BCUT2D eigenvalue weighted by atomic mass is 32.1. The van der Waals surface area contributed by atoms with Gasteiger partial charge in [-0.2, -0.15) is 0 Å². The summed E-state index contributed by atoms with van der Waals surface area (Å²) in [5.41, 5.74) is 2.71. The van der Waals surface area contributed by atoms with Gasteiger partial charge in [-0.05, 0) is 21.0 Å². The summed E-state index contributed by atoms with van der Waals surface area (Å²) in [6, 6.07) is 0.0392. The molecule has 17 heavy (non-hydrogen) atoms. The van der Waals surface area contributed by atoms with E-state index in [9.17, 15) is 4.79 Å². The van der Waals surface area contributed by atoms with E-state index in [1.54, 1.807) is 5.51 Å². The van der Waals surface area contributed by atoms with E-state index in [0.29, 0.717) is 0 Å². The molecule has 6 heteroatoms. The molecule has 1 rings (SSSR count). The number of nitrogens with zero attached hydrogens (tertiary/aromatic N) is 3. The fourth-order valence-electron chi connectivity index (χ4n) is 1.53. The van der Waals surface area contributed by atoms with Gasteiger partial charge in [-0.25, -0.2) is 4.98 Å². The van der Waals surface area contributed by atoms with Crippen molar-refractivity contribution >= 4 is 17.3 Å². The molecule has 1 aromatic rings. The van der Waals surface area contributed by atoms with Crippen LogP contribution in [0.2, 0.25) is 0 Å². The maximum Gasteiger partial charge on any atom is 0.317 e. The first-order chi connectivity index (χ1) is 8.00. The van der Waals surface area contributed by atoms with E-state index in [4.69, 9.17) is 5.11 Å². The second-order valence-corrected chi connectivity index (χ2v) is 4.98. The lowest BCUT2D eigenvalue weighted by Gasteiger charge is -2.27. The van der Waals surface area contributed by atoms with Crippen molar-refractivity contribution < 1.29 is 9.90 Å². The van der Waals surface area contributed by atoms with Gasteiger partial charge in [-0.15, -0.1) is 11.3 Å². The van der Waals surface area contributed by atoms with E-state index < -0.39 is 5.97 Å². The molecule has 0 aliphatic carbocycles. The highest BCUT2D eigenvalue weighted by Gasteiger charge is 2.19. The molecular formula is C11H19N3O2S. The fraction of sp³-hybridized carbons (Fsp3) is 0.636. The average Bonchev–Trinajstić information content (AvgIpc) is 2.75. The molecule has 0 bridgehead atoms. The standard InChI is InChI=1S/C11H19N3O2S/c1-9(10-7-17-8-12-10)14(6-11(15)16)5-4-13(2)3/h7-9H,4-6H2,1-3H3,(H,15,16). The van der Waals surface area contributed by atoms with Crippen LogP contribution < -0.4 is 0 Å². The monoisotopic (exact) mass is 257 g/mol. The fourth-order valence-corrected chi connectivity index (χ4v) is 2.17. The van der Waals surface area contributed by atoms with Gasteiger partial charge in [0, 0.05) is 18.5 Å². The maximum atomic E-state index is 10.9. The number of rotatable bonds is 7. The first kappa shape index (κ1) is 14.1. The molecule has 0 fully saturated rings. The van der Waals surface area contributed by atoms with Crippen molar-refractivity contribution in [2.45, 2.75) is 13.0 Å². The van der Waals surface area contributed by atoms with E-state index in [2.05, 4.69) is 4.98 Å². The summed E-state index contributed by atoms with van der Waals surface area (Å²) < 4.78 is 0. The Morgan fingerprint density at radius 1 is 1.53 bits per heavy atom. The largest absolute Gasteiger partial charge is 0.480 e. The number of carbonyl (C=O) groups is 1. The Bertz CT molecular complexity index is 340. The van der Waals surface area contributed by atoms with Gasteiger partial charge in [0.15, 0.2) is 0 Å². The number of aromatic nitrogens is 1. The van der Waals surface area contributed by atoms with Crippen LogP contribution in [-0.2, 0) is 4.79 Å². The van der Waals surface area contributed by atoms with Crippen molar-refractivity contribution in [2.75, 3.05) is 33.7 Å². The van der Waals surface area contributed by atoms with Crippen LogP contribution in [0.4, 0.5) is 0 Å². The molecule has 0 aromatic carbocycles. The zero-order chi connectivity index (χ0) is 12.8. The lowest BCUT2D eigenvalue weighted by Crippen LogP contribution is -2.37. The molecule has 0 radical (unpaired) electrons. The molecule has 0 saturated carbocycles. The Morgan fingerprint density at radius 2 is 2.24 bits per heavy atom. The summed E-state index contributed by atoms with van der Waals surface area (Å²) in [6.07, 6.45) is 0. The van der Waals surface area contributed by atoms with Crippen LogP contribution in [0.3, 0.4) is 0 Å². The number of carboxylic acid groups (broad SMARTS) is 1. The number of carboxylic acids is 1. The van der Waals surface area contributed by atoms with Crippen molar-refractivity contribution in [1.82, 2.24) is 14.8 Å². The van der Waals surface area contributed by atoms with E-state index >= 15 is 0 Å². The Labute approximate surface area is 106 Å². The summed E-state index contributed by atoms with van der Waals surface area (Å²) in [7, 11) is 3.96. The summed E-state index contributed by atoms with van der Waals surface area (Å²) in [5, 5.41) is 10.9. The van der Waals surface area contributed by atoms with Gasteiger partial charge in [0.25, 0.3) is 0 Å². The summed E-state index contributed by atoms with van der Waals surface area (Å²) in [6.45, 7) is 3.60. The second-order valence-electron chi connectivity index (χ2n) is 4.26. The number of thiazole rings is 1. The van der Waals surface area contributed by atoms with E-state index in [0.717, 1.165) is 18.8 Å². The molecule has 0 spiro atoms. The molecule has 0 amide bonds. The normalized spacial score (nSPS) is 13.2. The van der Waals surface area contributed by atoms with Gasteiger partial charge in [0.1, 0.15) is 0 Å². The van der Waals surface area contributed by atoms with Crippen LogP contribution in [0.15, 0.2) is 10.9 Å². The molecule has 0 aliphatic heterocycles. The third kappa shape index (κ3) is 4.80. The Kier molecular flexibility index (Phi) is 5.54. The molecular weight excluding hydrogens is 238 g/mol. The van der Waals surface area contributed by atoms with Crippen LogP contribution in [-0.4, -0.2) is 59.6 Å². The predicted molar refractivity (Wildman–Crippen MR) is 68.3 cm³/mol. The highest BCUT2D eigenvalue weighted by molar-refractivity contribution is 7.07. The van der Waals surface area contributed by atoms with Crippen molar-refractivity contribution in [2.24, 2.45) is 0 Å². The Balaban J connectivity index is 2.64. The predicted octanol–water partition coefficient (Wildman–Crippen LogP) is 1.15. The zero-order valence-electron chi connectivity index (χ0n) is 10.5. The third-order valence-corrected chi connectivity index (χ3v) is 3.20. The van der Waals surface area contributed by atoms with Crippen LogP contribution >= 0.6 is 11.3 Å². The number of likely N-dealkylation sites (N-methyl/N-ethyl adjacent to an activating group) is 1. The van der Waals surface area contributed by atoms with E-state index in [1.165, 1.54) is 11.3 Å². The minimum absolute atomic E-state index is 0.0392. The average molecular weight is 257 g/mol. The topological polar surface area (TPSA) is 56.7 Å². The van der Waals surface area contributed by atoms with Crippen molar-refractivity contribution in [3.05, 3.63) is 16.6 Å². The molecule has 1 unspecified atom stereocenters. The van der Waals surface area contributed by atoms with Gasteiger partial charge in [0.05, 0.1) is 23.8 Å². The van der Waals surface area contributed by atoms with E-state index in [1.807, 2.05) is 36.2 Å². The molecule has 0 saturated heterocycles. The minimum Gasteiger partial charge on any atom is -0.480 e. The van der Waals surface area contributed by atoms with Gasteiger partial charge >= 0.3 is 5.97 Å². The second kappa shape index (κ2) is 6.68. The van der Waals surface area contributed by atoms with Gasteiger partial charge in [-0.1, -0.05) is 0 Å². The van der Waals surface area contributed by atoms with Crippen LogP contribution in [0, 0.1) is 0 Å². The van der Waals surface area contributed by atoms with Crippen LogP contribution in [0.25, 0.3) is 0 Å². The summed E-state index contributed by atoms with van der Waals surface area (Å²) in [5.74, 6) is -0.800. The number of hydrogen-bond donors (Lipinski definition) is 1. The lowest BCUT2D eigenvalue weighted by atomic mass is 10.2. The summed E-state index contributed by atoms with van der Waals surface area (Å²) >= 11 is 1.53. The molecule has 1 aromatic heterocycles. The molecule has 5 nitrogen and oxygen atoms in total. The van der Waals surface area contributed by atoms with Crippen molar-refractivity contribution in [1.29, 1.82) is 0 Å². The molecule has 1 heterocycles. The molecule has 1 atom stereocenters. The van der Waals surface area contributed by atoms with Gasteiger partial charge in [-0.3, -0.25) is 9.69 Å². The number of aliphatic carboxylic acids is 1. The zero-order valence-corrected chi connectivity index (χ0v) is 11.3. The van der Waals surface area contributed by atoms with Crippen molar-refractivity contribution in [3.8, 4) is 0 Å². The first-order valence-electron chi connectivity index (χ1n) is 5.49. The Hall–Kier alpha value is -0.980. The van der Waals surface area contributed by atoms with Crippen LogP contribution in [0.5, 0.6) is 0 Å². The van der Waals surface area contributed by atoms with E-state index in [-0.39, 0.29) is 12.6 Å². The third-order valence-electron chi connectivity index (χ3n) is 2.60. The smallest absolute Gasteiger partial charge is 0.317 e. The Morgan fingerprint density at radius 3 is 2.71 bits per heavy atom.